The molecule has 0 spiro atoms. The minimum Gasteiger partial charge on any atom is -0.452 e. The number of hydrogen-bond donors (Lipinski definition) is 0. The van der Waals surface area contributed by atoms with Crippen molar-refractivity contribution >= 4 is 24.1 Å². The number of carbonyl (C=O) groups excluding carboxylic acids is 1. The molecule has 1 aliphatic heterocycles. The lowest BCUT2D eigenvalue weighted by molar-refractivity contribution is -0.149. The fourth-order valence-electron chi connectivity index (χ4n) is 4.45. The highest BCUT2D eigenvalue weighted by molar-refractivity contribution is 7.89. The quantitative estimate of drug-likeness (QED) is 0.340. The molecule has 2 atom stereocenters. The summed E-state index contributed by atoms with van der Waals surface area (Å²) in [6.45, 7) is 8.51. The summed E-state index contributed by atoms with van der Waals surface area (Å²) in [4.78, 5) is 13.1. The summed E-state index contributed by atoms with van der Waals surface area (Å²) in [5.74, 6) is -0.202. The van der Waals surface area contributed by atoms with Crippen molar-refractivity contribution < 1.29 is 17.9 Å². The van der Waals surface area contributed by atoms with Gasteiger partial charge in [0.25, 0.3) is 0 Å². The van der Waals surface area contributed by atoms with Crippen LogP contribution in [-0.4, -0.2) is 44.6 Å². The zero-order valence-electron chi connectivity index (χ0n) is 20.2. The number of rotatable bonds is 9. The molecule has 2 aromatic carbocycles. The second-order valence-electron chi connectivity index (χ2n) is 10.3. The Morgan fingerprint density at radius 1 is 1.00 bits per heavy atom. The van der Waals surface area contributed by atoms with Gasteiger partial charge in [0.05, 0.1) is 12.2 Å². The van der Waals surface area contributed by atoms with Crippen molar-refractivity contribution in [2.75, 3.05) is 5.75 Å². The summed E-state index contributed by atoms with van der Waals surface area (Å²) in [5.41, 5.74) is 1.79. The Morgan fingerprint density at radius 2 is 1.55 bits per heavy atom. The number of ether oxygens (including phenoxy) is 1. The van der Waals surface area contributed by atoms with Crippen LogP contribution in [0.4, 0.5) is 0 Å². The molecule has 33 heavy (non-hydrogen) atoms. The fraction of sp³-hybridized carbons (Fsp3) is 0.500. The summed E-state index contributed by atoms with van der Waals surface area (Å²) < 4.78 is 34.2. The smallest absolute Gasteiger partial charge is 0.308 e. The van der Waals surface area contributed by atoms with Gasteiger partial charge < -0.3 is 4.74 Å². The molecule has 0 aliphatic carbocycles. The number of benzene rings is 2. The molecule has 1 heterocycles. The summed E-state index contributed by atoms with van der Waals surface area (Å²) in [6, 6.07) is 19.6. The van der Waals surface area contributed by atoms with Gasteiger partial charge in [-0.1, -0.05) is 86.7 Å². The van der Waals surface area contributed by atoms with E-state index in [0.717, 1.165) is 30.0 Å². The highest BCUT2D eigenvalue weighted by Crippen LogP contribution is 2.31. The first-order valence-corrected chi connectivity index (χ1v) is 17.2. The summed E-state index contributed by atoms with van der Waals surface area (Å²) in [6.07, 6.45) is 1.99. The summed E-state index contributed by atoms with van der Waals surface area (Å²) in [7, 11) is -4.93. The van der Waals surface area contributed by atoms with E-state index >= 15 is 0 Å². The van der Waals surface area contributed by atoms with Gasteiger partial charge >= 0.3 is 5.97 Å². The molecule has 0 bridgehead atoms. The lowest BCUT2D eigenvalue weighted by atomic mass is 9.97. The van der Waals surface area contributed by atoms with Gasteiger partial charge in [-0.2, -0.15) is 4.31 Å². The number of sulfonamides is 1. The van der Waals surface area contributed by atoms with E-state index in [2.05, 4.69) is 19.6 Å². The molecule has 7 heteroatoms. The Kier molecular flexibility index (Phi) is 8.53. The third kappa shape index (κ3) is 7.26. The number of hydrogen-bond acceptors (Lipinski definition) is 4. The van der Waals surface area contributed by atoms with Crippen LogP contribution in [0.15, 0.2) is 60.7 Å². The highest BCUT2D eigenvalue weighted by Gasteiger charge is 2.39. The van der Waals surface area contributed by atoms with Crippen LogP contribution in [-0.2, 0) is 19.6 Å². The molecule has 1 saturated heterocycles. The van der Waals surface area contributed by atoms with Crippen molar-refractivity contribution in [3.05, 3.63) is 71.8 Å². The van der Waals surface area contributed by atoms with Crippen molar-refractivity contribution in [3.8, 4) is 0 Å². The molecule has 0 aromatic heterocycles. The highest BCUT2D eigenvalue weighted by atomic mass is 32.2. The molecule has 0 saturated carbocycles. The van der Waals surface area contributed by atoms with Gasteiger partial charge in [0.2, 0.25) is 10.0 Å². The topological polar surface area (TPSA) is 63.7 Å². The standard InChI is InChI=1S/C26H37NO4SSi/c1-21-12-11-17-24(27(21)32(29,30)18-19-33(2,3)4)20-25(28)31-26(22-13-7-5-8-14-22)23-15-9-6-10-16-23/h5-10,13-16,21,24,26H,11-12,17-20H2,1-4H3/t21-,24+/m0/s1. The normalized spacial score (nSPS) is 20.0. The lowest BCUT2D eigenvalue weighted by Gasteiger charge is -2.39. The molecule has 2 aromatic rings. The van der Waals surface area contributed by atoms with E-state index in [1.54, 1.807) is 4.31 Å². The minimum absolute atomic E-state index is 0.0761. The van der Waals surface area contributed by atoms with Crippen LogP contribution in [0.2, 0.25) is 25.7 Å². The average molecular weight is 488 g/mol. The largest absolute Gasteiger partial charge is 0.452 e. The predicted molar refractivity (Wildman–Crippen MR) is 136 cm³/mol. The molecular formula is C26H37NO4SSi. The number of carbonyl (C=O) groups is 1. The molecule has 3 rings (SSSR count). The third-order valence-electron chi connectivity index (χ3n) is 6.24. The van der Waals surface area contributed by atoms with Gasteiger partial charge in [0.15, 0.2) is 6.10 Å². The van der Waals surface area contributed by atoms with Gasteiger partial charge in [-0.05, 0) is 36.9 Å². The summed E-state index contributed by atoms with van der Waals surface area (Å²) >= 11 is 0. The Labute approximate surface area is 200 Å². The Balaban J connectivity index is 1.77. The van der Waals surface area contributed by atoms with Crippen molar-refractivity contribution in [3.63, 3.8) is 0 Å². The fourth-order valence-corrected chi connectivity index (χ4v) is 9.43. The molecule has 1 aliphatic rings. The molecule has 1 fully saturated rings. The zero-order chi connectivity index (χ0) is 24.1. The number of piperidine rings is 1. The van der Waals surface area contributed by atoms with Gasteiger partial charge in [-0.25, -0.2) is 8.42 Å². The predicted octanol–water partition coefficient (Wildman–Crippen LogP) is 5.62. The van der Waals surface area contributed by atoms with Crippen molar-refractivity contribution in [1.82, 2.24) is 4.31 Å². The Hall–Kier alpha value is -1.96. The van der Waals surface area contributed by atoms with Crippen molar-refractivity contribution in [1.29, 1.82) is 0 Å². The van der Waals surface area contributed by atoms with E-state index in [1.807, 2.05) is 67.6 Å². The molecule has 0 N–H and O–H groups in total. The molecule has 0 unspecified atom stereocenters. The molecule has 180 valence electrons. The molecule has 5 nitrogen and oxygen atoms in total. The Bertz CT molecular complexity index is 966. The Morgan fingerprint density at radius 3 is 2.06 bits per heavy atom. The van der Waals surface area contributed by atoms with Crippen LogP contribution in [0, 0.1) is 0 Å². The van der Waals surface area contributed by atoms with Crippen LogP contribution in [0.1, 0.15) is 49.8 Å². The maximum absolute atomic E-state index is 13.3. The van der Waals surface area contributed by atoms with E-state index in [-0.39, 0.29) is 30.2 Å². The maximum atomic E-state index is 13.3. The van der Waals surface area contributed by atoms with Crippen LogP contribution in [0.3, 0.4) is 0 Å². The maximum Gasteiger partial charge on any atom is 0.308 e. The van der Waals surface area contributed by atoms with Crippen LogP contribution >= 0.6 is 0 Å². The monoisotopic (exact) mass is 487 g/mol. The van der Waals surface area contributed by atoms with E-state index in [0.29, 0.717) is 6.42 Å². The second-order valence-corrected chi connectivity index (χ2v) is 17.9. The average Bonchev–Trinajstić information content (AvgIpc) is 2.77. The third-order valence-corrected chi connectivity index (χ3v) is 10.4. The van der Waals surface area contributed by atoms with E-state index < -0.39 is 24.2 Å². The SMILES string of the molecule is C[C@H]1CCC[C@H](CC(=O)OC(c2ccccc2)c2ccccc2)N1S(=O)(=O)CC[Si](C)(C)C. The van der Waals surface area contributed by atoms with Crippen molar-refractivity contribution in [2.45, 2.75) is 76.5 Å². The van der Waals surface area contributed by atoms with Gasteiger partial charge in [0.1, 0.15) is 0 Å². The molecule has 0 amide bonds. The van der Waals surface area contributed by atoms with Gasteiger partial charge in [-0.3, -0.25) is 4.79 Å². The molecule has 0 radical (unpaired) electrons. The number of esters is 1. The minimum atomic E-state index is -3.43. The van der Waals surface area contributed by atoms with Crippen LogP contribution in [0.5, 0.6) is 0 Å². The van der Waals surface area contributed by atoms with Gasteiger partial charge in [-0.15, -0.1) is 0 Å². The molecular weight excluding hydrogens is 450 g/mol. The first-order valence-electron chi connectivity index (χ1n) is 11.9. The van der Waals surface area contributed by atoms with E-state index in [4.69, 9.17) is 4.74 Å². The number of nitrogens with zero attached hydrogens (tertiary/aromatic N) is 1. The van der Waals surface area contributed by atoms with Crippen LogP contribution < -0.4 is 0 Å². The first-order chi connectivity index (χ1) is 15.6. The first kappa shape index (κ1) is 25.7. The lowest BCUT2D eigenvalue weighted by Crippen LogP contribution is -2.50. The van der Waals surface area contributed by atoms with Gasteiger partial charge in [0, 0.05) is 20.2 Å². The van der Waals surface area contributed by atoms with Crippen LogP contribution in [0.25, 0.3) is 0 Å². The zero-order valence-corrected chi connectivity index (χ0v) is 22.1. The summed E-state index contributed by atoms with van der Waals surface area (Å²) in [5, 5.41) is 0. The second kappa shape index (κ2) is 11.0. The van der Waals surface area contributed by atoms with E-state index in [9.17, 15) is 13.2 Å². The van der Waals surface area contributed by atoms with Crippen molar-refractivity contribution in [2.24, 2.45) is 0 Å². The van der Waals surface area contributed by atoms with E-state index in [1.165, 1.54) is 0 Å².